The summed E-state index contributed by atoms with van der Waals surface area (Å²) in [5.41, 5.74) is 3.96. The summed E-state index contributed by atoms with van der Waals surface area (Å²) in [4.78, 5) is 9.96. The monoisotopic (exact) mass is 404 g/mol. The summed E-state index contributed by atoms with van der Waals surface area (Å²) >= 11 is 0. The van der Waals surface area contributed by atoms with E-state index in [9.17, 15) is 0 Å². The molecular weight excluding hydrogens is 372 g/mol. The van der Waals surface area contributed by atoms with Crippen LogP contribution in [0.2, 0.25) is 0 Å². The molecule has 6 heteroatoms. The van der Waals surface area contributed by atoms with Crippen molar-refractivity contribution in [2.75, 3.05) is 0 Å². The van der Waals surface area contributed by atoms with Crippen molar-refractivity contribution >= 4 is 11.0 Å². The summed E-state index contributed by atoms with van der Waals surface area (Å²) in [5, 5.41) is 0. The first-order valence-corrected chi connectivity index (χ1v) is 11.1. The van der Waals surface area contributed by atoms with E-state index in [1.165, 1.54) is 25.7 Å². The number of para-hydroxylation sites is 2. The van der Waals surface area contributed by atoms with Crippen molar-refractivity contribution < 1.29 is 9.13 Å². The molecule has 3 heterocycles. The van der Waals surface area contributed by atoms with Crippen molar-refractivity contribution in [1.29, 1.82) is 0 Å². The van der Waals surface area contributed by atoms with Crippen LogP contribution in [0.5, 0.6) is 0 Å². The van der Waals surface area contributed by atoms with Gasteiger partial charge in [0.05, 0.1) is 24.1 Å². The highest BCUT2D eigenvalue weighted by Gasteiger charge is 2.16. The van der Waals surface area contributed by atoms with Gasteiger partial charge in [-0.3, -0.25) is 0 Å². The zero-order chi connectivity index (χ0) is 20.8. The fourth-order valence-electron chi connectivity index (χ4n) is 3.68. The number of imidazole rings is 2. The van der Waals surface area contributed by atoms with Crippen molar-refractivity contribution in [2.24, 2.45) is 0 Å². The van der Waals surface area contributed by atoms with Gasteiger partial charge in [-0.1, -0.05) is 38.8 Å². The lowest BCUT2D eigenvalue weighted by Gasteiger charge is -2.07. The largest absolute Gasteiger partial charge is 0.245 e. The van der Waals surface area contributed by atoms with Gasteiger partial charge in [0.2, 0.25) is 12.7 Å². The summed E-state index contributed by atoms with van der Waals surface area (Å²) in [6.45, 7) is 8.01. The maximum atomic E-state index is 4.98. The minimum Gasteiger partial charge on any atom is -0.245 e. The average molecular weight is 405 g/mol. The van der Waals surface area contributed by atoms with Crippen LogP contribution in [-0.2, 0) is 26.2 Å². The highest BCUT2D eigenvalue weighted by Crippen LogP contribution is 2.13. The first kappa shape index (κ1) is 20.3. The Morgan fingerprint density at radius 2 is 1.20 bits per heavy atom. The third-order valence-corrected chi connectivity index (χ3v) is 5.42. The molecule has 0 saturated heterocycles. The Bertz CT molecular complexity index is 1010. The molecule has 4 rings (SSSR count). The predicted octanol–water partition coefficient (Wildman–Crippen LogP) is 3.50. The Kier molecular flexibility index (Phi) is 6.52. The molecule has 30 heavy (non-hydrogen) atoms. The topological polar surface area (TPSA) is 43.4 Å². The van der Waals surface area contributed by atoms with Gasteiger partial charge in [-0.15, -0.1) is 0 Å². The number of aromatic nitrogens is 6. The van der Waals surface area contributed by atoms with Crippen LogP contribution in [0.1, 0.15) is 50.9 Å². The molecule has 0 atom stereocenters. The second-order valence-corrected chi connectivity index (χ2v) is 7.96. The Morgan fingerprint density at radius 1 is 0.733 bits per heavy atom. The molecule has 0 bridgehead atoms. The Balaban J connectivity index is 1.60. The number of fused-ring (bicyclic) bond motifs is 1. The molecule has 1 aromatic carbocycles. The zero-order valence-electron chi connectivity index (χ0n) is 18.1. The Hall–Kier alpha value is -3.02. The van der Waals surface area contributed by atoms with Gasteiger partial charge >= 0.3 is 0 Å². The van der Waals surface area contributed by atoms with E-state index in [1.807, 2.05) is 24.3 Å². The Labute approximate surface area is 178 Å². The maximum Gasteiger partial charge on any atom is 0.244 e. The van der Waals surface area contributed by atoms with Crippen LogP contribution >= 0.6 is 0 Å². The molecule has 0 amide bonds. The zero-order valence-corrected chi connectivity index (χ0v) is 18.1. The van der Waals surface area contributed by atoms with Crippen LogP contribution in [0.4, 0.5) is 0 Å². The van der Waals surface area contributed by atoms with Gasteiger partial charge in [0, 0.05) is 0 Å². The Morgan fingerprint density at radius 3 is 1.63 bits per heavy atom. The maximum absolute atomic E-state index is 4.98. The van der Waals surface area contributed by atoms with E-state index in [0.717, 1.165) is 48.6 Å². The minimum absolute atomic E-state index is 0.726. The quantitative estimate of drug-likeness (QED) is 0.380. The molecule has 0 fully saturated rings. The smallest absolute Gasteiger partial charge is 0.244 e. The molecule has 0 unspecified atom stereocenters. The number of nitrogens with zero attached hydrogens (tertiary/aromatic N) is 6. The molecule has 156 valence electrons. The average Bonchev–Trinajstić information content (AvgIpc) is 3.40. The van der Waals surface area contributed by atoms with Crippen LogP contribution < -0.4 is 9.13 Å². The number of aryl methyl sites for hydroxylation is 2. The third kappa shape index (κ3) is 4.93. The van der Waals surface area contributed by atoms with E-state index in [4.69, 9.17) is 9.97 Å². The van der Waals surface area contributed by atoms with E-state index < -0.39 is 0 Å². The van der Waals surface area contributed by atoms with Gasteiger partial charge in [-0.25, -0.2) is 28.2 Å². The first-order valence-electron chi connectivity index (χ1n) is 11.1. The normalized spacial score (nSPS) is 11.4. The molecule has 3 aromatic heterocycles. The van der Waals surface area contributed by atoms with Crippen LogP contribution in [0.3, 0.4) is 0 Å². The summed E-state index contributed by atoms with van der Waals surface area (Å²) in [7, 11) is 0. The lowest BCUT2D eigenvalue weighted by molar-refractivity contribution is -0.693. The van der Waals surface area contributed by atoms with Gasteiger partial charge in [0.1, 0.15) is 49.3 Å². The molecule has 4 aromatic rings. The van der Waals surface area contributed by atoms with E-state index in [1.54, 1.807) is 0 Å². The molecule has 6 nitrogen and oxygen atoms in total. The van der Waals surface area contributed by atoms with Crippen LogP contribution in [0.15, 0.2) is 61.7 Å². The summed E-state index contributed by atoms with van der Waals surface area (Å²) < 4.78 is 8.91. The van der Waals surface area contributed by atoms with E-state index in [0.29, 0.717) is 0 Å². The van der Waals surface area contributed by atoms with Crippen LogP contribution in [0, 0.1) is 0 Å². The van der Waals surface area contributed by atoms with Crippen molar-refractivity contribution in [3.05, 3.63) is 73.1 Å². The fourth-order valence-corrected chi connectivity index (χ4v) is 3.68. The van der Waals surface area contributed by atoms with Crippen molar-refractivity contribution in [1.82, 2.24) is 19.1 Å². The number of hydrogen-bond acceptors (Lipinski definition) is 2. The van der Waals surface area contributed by atoms with Gasteiger partial charge in [-0.05, 0) is 25.0 Å². The second kappa shape index (κ2) is 9.65. The summed E-state index contributed by atoms with van der Waals surface area (Å²) in [6.07, 6.45) is 17.7. The molecular formula is C24H32N6+2. The van der Waals surface area contributed by atoms with E-state index in [-0.39, 0.29) is 0 Å². The first-order chi connectivity index (χ1) is 14.7. The highest BCUT2D eigenvalue weighted by molar-refractivity contribution is 5.74. The lowest BCUT2D eigenvalue weighted by atomic mass is 10.2. The number of benzene rings is 1. The molecule has 0 radical (unpaired) electrons. The molecule has 0 spiro atoms. The third-order valence-electron chi connectivity index (χ3n) is 5.42. The highest BCUT2D eigenvalue weighted by atomic mass is 15.1. The van der Waals surface area contributed by atoms with Gasteiger partial charge in [-0.2, -0.15) is 0 Å². The summed E-state index contributed by atoms with van der Waals surface area (Å²) in [6, 6.07) is 8.14. The molecule has 0 aliphatic heterocycles. The van der Waals surface area contributed by atoms with E-state index in [2.05, 4.69) is 69.6 Å². The van der Waals surface area contributed by atoms with Crippen molar-refractivity contribution in [3.63, 3.8) is 0 Å². The molecule has 0 N–H and O–H groups in total. The van der Waals surface area contributed by atoms with Crippen molar-refractivity contribution in [2.45, 2.75) is 65.7 Å². The standard InChI is InChI=1S/C24H32N6/c1-3-5-11-27-13-15-29(19-27)17-23-24(26-22-10-8-7-9-21(22)25-23)18-30-16-14-28(20-30)12-6-4-2/h7-10,13-16,19-20H,3-6,11-12,17-18H2,1-2H3/q+2. The van der Waals surface area contributed by atoms with Crippen LogP contribution in [-0.4, -0.2) is 19.1 Å². The van der Waals surface area contributed by atoms with Crippen molar-refractivity contribution in [3.8, 4) is 0 Å². The number of hydrogen-bond donors (Lipinski definition) is 0. The SMILES string of the molecule is CCCCn1cc[n+](Cc2nc3ccccc3nc2C[n+]2ccn(CCCC)c2)c1. The minimum atomic E-state index is 0.726. The molecule has 0 aliphatic rings. The predicted molar refractivity (Wildman–Crippen MR) is 117 cm³/mol. The van der Waals surface area contributed by atoms with Crippen LogP contribution in [0.25, 0.3) is 11.0 Å². The fraction of sp³-hybridized carbons (Fsp3) is 0.417. The molecule has 0 aliphatic carbocycles. The number of rotatable bonds is 10. The second-order valence-electron chi connectivity index (χ2n) is 7.96. The summed E-state index contributed by atoms with van der Waals surface area (Å²) in [5.74, 6) is 0. The molecule has 0 saturated carbocycles. The van der Waals surface area contributed by atoms with Gasteiger partial charge in [0.15, 0.2) is 0 Å². The van der Waals surface area contributed by atoms with E-state index >= 15 is 0 Å². The van der Waals surface area contributed by atoms with Gasteiger partial charge < -0.3 is 0 Å². The lowest BCUT2D eigenvalue weighted by Crippen LogP contribution is -2.36. The van der Waals surface area contributed by atoms with Gasteiger partial charge in [0.25, 0.3) is 0 Å². The number of unbranched alkanes of at least 4 members (excludes halogenated alkanes) is 2.